The van der Waals surface area contributed by atoms with Gasteiger partial charge in [-0.05, 0) is 60.3 Å². The van der Waals surface area contributed by atoms with Gasteiger partial charge in [0.15, 0.2) is 5.16 Å². The molecule has 0 radical (unpaired) electrons. The van der Waals surface area contributed by atoms with Gasteiger partial charge in [-0.1, -0.05) is 23.9 Å². The molecule has 0 fully saturated rings. The first-order chi connectivity index (χ1) is 14.5. The molecule has 4 aromatic rings. The van der Waals surface area contributed by atoms with Crippen LogP contribution in [0, 0.1) is 6.92 Å². The van der Waals surface area contributed by atoms with Gasteiger partial charge in [0.25, 0.3) is 5.56 Å². The predicted molar refractivity (Wildman–Crippen MR) is 122 cm³/mol. The first kappa shape index (κ1) is 20.2. The summed E-state index contributed by atoms with van der Waals surface area (Å²) in [5.41, 5.74) is 1.69. The van der Waals surface area contributed by atoms with Crippen LogP contribution < -0.4 is 15.6 Å². The molecule has 8 heteroatoms. The molecule has 4 rings (SSSR count). The number of rotatable bonds is 6. The highest BCUT2D eigenvalue weighted by Crippen LogP contribution is 2.24. The molecule has 0 atom stereocenters. The summed E-state index contributed by atoms with van der Waals surface area (Å²) >= 11 is 2.65. The maximum Gasteiger partial charge on any atom is 0.262 e. The summed E-state index contributed by atoms with van der Waals surface area (Å²) < 4.78 is 7.30. The number of aromatic nitrogens is 2. The number of benzene rings is 2. The van der Waals surface area contributed by atoms with E-state index in [2.05, 4.69) is 10.3 Å². The monoisotopic (exact) mass is 437 g/mol. The zero-order valence-electron chi connectivity index (χ0n) is 16.4. The van der Waals surface area contributed by atoms with E-state index in [1.165, 1.54) is 27.7 Å². The number of nitrogens with zero attached hydrogens (tertiary/aromatic N) is 2. The number of carbonyl (C=O) groups is 1. The van der Waals surface area contributed by atoms with E-state index < -0.39 is 0 Å². The van der Waals surface area contributed by atoms with Crippen LogP contribution >= 0.6 is 23.1 Å². The Hall–Kier alpha value is -3.10. The lowest BCUT2D eigenvalue weighted by atomic mass is 10.2. The maximum atomic E-state index is 12.3. The van der Waals surface area contributed by atoms with E-state index in [0.717, 1.165) is 11.3 Å². The number of anilines is 1. The van der Waals surface area contributed by atoms with Gasteiger partial charge in [-0.3, -0.25) is 14.2 Å². The second kappa shape index (κ2) is 8.73. The van der Waals surface area contributed by atoms with Crippen LogP contribution in [0.5, 0.6) is 11.5 Å². The van der Waals surface area contributed by atoms with Gasteiger partial charge in [0, 0.05) is 12.7 Å². The molecule has 30 heavy (non-hydrogen) atoms. The summed E-state index contributed by atoms with van der Waals surface area (Å²) in [5, 5.41) is 5.81. The molecule has 0 aliphatic carbocycles. The Morgan fingerprint density at radius 1 is 1.17 bits per heavy atom. The highest BCUT2D eigenvalue weighted by atomic mass is 32.2. The molecule has 1 amide bonds. The van der Waals surface area contributed by atoms with E-state index in [-0.39, 0.29) is 17.2 Å². The number of amides is 1. The molecule has 0 saturated heterocycles. The summed E-state index contributed by atoms with van der Waals surface area (Å²) in [5.74, 6) is 1.44. The number of hydrogen-bond donors (Lipinski definition) is 1. The summed E-state index contributed by atoms with van der Waals surface area (Å²) in [4.78, 5) is 29.8. The van der Waals surface area contributed by atoms with Crippen molar-refractivity contribution in [2.24, 2.45) is 7.05 Å². The average Bonchev–Trinajstić information content (AvgIpc) is 3.20. The van der Waals surface area contributed by atoms with Crippen molar-refractivity contribution in [2.75, 3.05) is 11.1 Å². The molecule has 0 unspecified atom stereocenters. The molecule has 0 spiro atoms. The van der Waals surface area contributed by atoms with Crippen molar-refractivity contribution >= 4 is 44.9 Å². The van der Waals surface area contributed by atoms with Crippen LogP contribution in [0.15, 0.2) is 69.9 Å². The van der Waals surface area contributed by atoms with Crippen molar-refractivity contribution in [3.63, 3.8) is 0 Å². The largest absolute Gasteiger partial charge is 0.457 e. The molecule has 1 N–H and O–H groups in total. The minimum atomic E-state index is -0.173. The fourth-order valence-corrected chi connectivity index (χ4v) is 4.43. The highest BCUT2D eigenvalue weighted by molar-refractivity contribution is 7.99. The van der Waals surface area contributed by atoms with Crippen LogP contribution in [0.4, 0.5) is 5.69 Å². The lowest BCUT2D eigenvalue weighted by Gasteiger charge is -2.09. The summed E-state index contributed by atoms with van der Waals surface area (Å²) in [6.07, 6.45) is 0. The van der Waals surface area contributed by atoms with E-state index in [1.807, 2.05) is 36.6 Å². The third kappa shape index (κ3) is 4.55. The zero-order valence-corrected chi connectivity index (χ0v) is 18.0. The van der Waals surface area contributed by atoms with E-state index in [1.54, 1.807) is 37.4 Å². The SMILES string of the molecule is Cc1cccc(Oc2ccc(NC(=O)CSc3nc4sccc4c(=O)n3C)cc2)c1. The van der Waals surface area contributed by atoms with Gasteiger partial charge in [-0.25, -0.2) is 4.98 Å². The fourth-order valence-electron chi connectivity index (χ4n) is 2.86. The molecule has 0 aliphatic rings. The van der Waals surface area contributed by atoms with Gasteiger partial charge in [-0.15, -0.1) is 11.3 Å². The average molecular weight is 438 g/mol. The Morgan fingerprint density at radius 2 is 1.97 bits per heavy atom. The number of nitrogens with one attached hydrogen (secondary N) is 1. The lowest BCUT2D eigenvalue weighted by molar-refractivity contribution is -0.113. The van der Waals surface area contributed by atoms with Crippen LogP contribution in [0.25, 0.3) is 10.2 Å². The Labute approximate surface area is 181 Å². The maximum absolute atomic E-state index is 12.3. The number of hydrogen-bond acceptors (Lipinski definition) is 6. The predicted octanol–water partition coefficient (Wildman–Crippen LogP) is 4.83. The molecule has 0 bridgehead atoms. The smallest absolute Gasteiger partial charge is 0.262 e. The number of thiophene rings is 1. The fraction of sp³-hybridized carbons (Fsp3) is 0.136. The van der Waals surface area contributed by atoms with E-state index in [9.17, 15) is 9.59 Å². The van der Waals surface area contributed by atoms with Gasteiger partial charge >= 0.3 is 0 Å². The topological polar surface area (TPSA) is 73.2 Å². The molecule has 2 heterocycles. The molecular formula is C22H19N3O3S2. The minimum absolute atomic E-state index is 0.103. The number of fused-ring (bicyclic) bond motifs is 1. The summed E-state index contributed by atoms with van der Waals surface area (Å²) in [6.45, 7) is 2.01. The Balaban J connectivity index is 1.36. The van der Waals surface area contributed by atoms with Gasteiger partial charge in [-0.2, -0.15) is 0 Å². The lowest BCUT2D eigenvalue weighted by Crippen LogP contribution is -2.20. The first-order valence-corrected chi connectivity index (χ1v) is 11.1. The van der Waals surface area contributed by atoms with Gasteiger partial charge in [0.2, 0.25) is 5.91 Å². The molecular weight excluding hydrogens is 418 g/mol. The van der Waals surface area contributed by atoms with Crippen LogP contribution in [-0.4, -0.2) is 21.2 Å². The highest BCUT2D eigenvalue weighted by Gasteiger charge is 2.12. The normalized spacial score (nSPS) is 10.9. The second-order valence-electron chi connectivity index (χ2n) is 6.68. The number of aryl methyl sites for hydroxylation is 1. The summed E-state index contributed by atoms with van der Waals surface area (Å²) in [6, 6.07) is 16.8. The molecule has 6 nitrogen and oxygen atoms in total. The van der Waals surface area contributed by atoms with E-state index in [4.69, 9.17) is 4.74 Å². The first-order valence-electron chi connectivity index (χ1n) is 9.21. The minimum Gasteiger partial charge on any atom is -0.457 e. The van der Waals surface area contributed by atoms with Crippen molar-refractivity contribution in [1.29, 1.82) is 0 Å². The molecule has 0 aliphatic heterocycles. The van der Waals surface area contributed by atoms with Crippen molar-refractivity contribution in [1.82, 2.24) is 9.55 Å². The van der Waals surface area contributed by atoms with Crippen molar-refractivity contribution in [3.05, 3.63) is 75.9 Å². The van der Waals surface area contributed by atoms with Crippen LogP contribution in [0.3, 0.4) is 0 Å². The van der Waals surface area contributed by atoms with Crippen LogP contribution in [-0.2, 0) is 11.8 Å². The molecule has 152 valence electrons. The van der Waals surface area contributed by atoms with Crippen molar-refractivity contribution < 1.29 is 9.53 Å². The molecule has 2 aromatic heterocycles. The van der Waals surface area contributed by atoms with Gasteiger partial charge in [0.05, 0.1) is 11.1 Å². The molecule has 2 aromatic carbocycles. The Kier molecular flexibility index (Phi) is 5.87. The van der Waals surface area contributed by atoms with Crippen molar-refractivity contribution in [3.8, 4) is 11.5 Å². The molecule has 0 saturated carbocycles. The third-order valence-electron chi connectivity index (χ3n) is 4.36. The number of ether oxygens (including phenoxy) is 1. The van der Waals surface area contributed by atoms with Crippen LogP contribution in [0.1, 0.15) is 5.56 Å². The zero-order chi connectivity index (χ0) is 21.1. The van der Waals surface area contributed by atoms with Gasteiger partial charge < -0.3 is 10.1 Å². The second-order valence-corrected chi connectivity index (χ2v) is 8.51. The van der Waals surface area contributed by atoms with E-state index >= 15 is 0 Å². The number of carbonyl (C=O) groups excluding carboxylic acids is 1. The summed E-state index contributed by atoms with van der Waals surface area (Å²) in [7, 11) is 1.67. The van der Waals surface area contributed by atoms with Gasteiger partial charge in [0.1, 0.15) is 16.3 Å². The van der Waals surface area contributed by atoms with E-state index in [0.29, 0.717) is 26.8 Å². The third-order valence-corrected chi connectivity index (χ3v) is 6.20. The van der Waals surface area contributed by atoms with Crippen molar-refractivity contribution in [2.45, 2.75) is 12.1 Å². The Morgan fingerprint density at radius 3 is 2.73 bits per heavy atom. The quantitative estimate of drug-likeness (QED) is 0.346. The van der Waals surface area contributed by atoms with Crippen LogP contribution in [0.2, 0.25) is 0 Å². The standard InChI is InChI=1S/C22H19N3O3S2/c1-14-4-3-5-17(12-14)28-16-8-6-15(7-9-16)23-19(26)13-30-22-24-20-18(10-11-29-20)21(27)25(22)2/h3-12H,13H2,1-2H3,(H,23,26). The number of thioether (sulfide) groups is 1. The Bertz CT molecular complexity index is 1260.